The van der Waals surface area contributed by atoms with Gasteiger partial charge in [-0.1, -0.05) is 6.92 Å². The number of nitrogens with zero attached hydrogens (tertiary/aromatic N) is 2. The molecule has 3 rings (SSSR count). The molecule has 3 aliphatic rings. The van der Waals surface area contributed by atoms with Crippen molar-refractivity contribution < 1.29 is 9.90 Å². The van der Waals surface area contributed by atoms with Crippen molar-refractivity contribution >= 4 is 5.97 Å². The molecule has 0 unspecified atom stereocenters. The van der Waals surface area contributed by atoms with E-state index in [9.17, 15) is 9.90 Å². The van der Waals surface area contributed by atoms with Crippen LogP contribution in [0, 0.1) is 11.3 Å². The highest BCUT2D eigenvalue weighted by Gasteiger charge is 2.43. The van der Waals surface area contributed by atoms with Gasteiger partial charge in [-0.05, 0) is 44.4 Å². The fourth-order valence-corrected chi connectivity index (χ4v) is 3.91. The highest BCUT2D eigenvalue weighted by molar-refractivity contribution is 5.75. The fraction of sp³-hybridized carbons (Fsp3) is 0.938. The van der Waals surface area contributed by atoms with Crippen LogP contribution < -0.4 is 0 Å². The molecule has 0 radical (unpaired) electrons. The first kappa shape index (κ1) is 14.3. The van der Waals surface area contributed by atoms with E-state index in [1.54, 1.807) is 0 Å². The van der Waals surface area contributed by atoms with Crippen molar-refractivity contribution in [3.8, 4) is 0 Å². The number of hydrogen-bond acceptors (Lipinski definition) is 3. The van der Waals surface area contributed by atoms with Crippen molar-refractivity contribution in [2.45, 2.75) is 51.5 Å². The zero-order chi connectivity index (χ0) is 14.2. The summed E-state index contributed by atoms with van der Waals surface area (Å²) in [5.41, 5.74) is -0.464. The highest BCUT2D eigenvalue weighted by atomic mass is 16.4. The van der Waals surface area contributed by atoms with Gasteiger partial charge in [0.05, 0.1) is 5.41 Å². The van der Waals surface area contributed by atoms with E-state index in [-0.39, 0.29) is 0 Å². The van der Waals surface area contributed by atoms with Gasteiger partial charge in [-0.2, -0.15) is 0 Å². The largest absolute Gasteiger partial charge is 0.481 e. The van der Waals surface area contributed by atoms with Crippen molar-refractivity contribution in [3.63, 3.8) is 0 Å². The van der Waals surface area contributed by atoms with Crippen molar-refractivity contribution in [2.75, 3.05) is 32.7 Å². The second-order valence-electron chi connectivity index (χ2n) is 7.31. The van der Waals surface area contributed by atoms with Gasteiger partial charge in [-0.25, -0.2) is 0 Å². The van der Waals surface area contributed by atoms with Crippen LogP contribution in [0.5, 0.6) is 0 Å². The molecule has 0 aromatic carbocycles. The zero-order valence-electron chi connectivity index (χ0n) is 12.7. The molecule has 0 bridgehead atoms. The van der Waals surface area contributed by atoms with Gasteiger partial charge < -0.3 is 5.11 Å². The third-order valence-corrected chi connectivity index (χ3v) is 5.68. The summed E-state index contributed by atoms with van der Waals surface area (Å²) < 4.78 is 0. The third kappa shape index (κ3) is 3.01. The summed E-state index contributed by atoms with van der Waals surface area (Å²) in [5, 5.41) is 9.72. The quantitative estimate of drug-likeness (QED) is 0.856. The fourth-order valence-electron chi connectivity index (χ4n) is 3.91. The van der Waals surface area contributed by atoms with Crippen LogP contribution >= 0.6 is 0 Å². The summed E-state index contributed by atoms with van der Waals surface area (Å²) in [6.07, 6.45) is 6.63. The molecule has 0 aromatic heterocycles. The maximum absolute atomic E-state index is 11.8. The molecule has 4 heteroatoms. The van der Waals surface area contributed by atoms with E-state index < -0.39 is 11.4 Å². The average Bonchev–Trinajstić information content (AvgIpc) is 3.27. The monoisotopic (exact) mass is 280 g/mol. The molecule has 0 spiro atoms. The minimum absolute atomic E-state index is 0.464. The predicted molar refractivity (Wildman–Crippen MR) is 78.7 cm³/mol. The standard InChI is InChI=1S/C16H28N2O2/c1-13-4-6-16(7-5-13,15(19)20)12-17-8-10-18(11-9-17)14-2-3-14/h13-14H,2-12H2,1H3,(H,19,20). The topological polar surface area (TPSA) is 43.8 Å². The molecule has 20 heavy (non-hydrogen) atoms. The molecular weight excluding hydrogens is 252 g/mol. The van der Waals surface area contributed by atoms with Crippen LogP contribution in [0.3, 0.4) is 0 Å². The summed E-state index contributed by atoms with van der Waals surface area (Å²) in [4.78, 5) is 16.8. The normalized spacial score (nSPS) is 37.0. The van der Waals surface area contributed by atoms with Gasteiger partial charge in [0.1, 0.15) is 0 Å². The first-order chi connectivity index (χ1) is 9.59. The lowest BCUT2D eigenvalue weighted by Gasteiger charge is -2.42. The number of hydrogen-bond donors (Lipinski definition) is 1. The lowest BCUT2D eigenvalue weighted by Crippen LogP contribution is -2.52. The summed E-state index contributed by atoms with van der Waals surface area (Å²) in [5.74, 6) is 0.142. The minimum Gasteiger partial charge on any atom is -0.481 e. The zero-order valence-corrected chi connectivity index (χ0v) is 12.7. The Morgan fingerprint density at radius 1 is 1.10 bits per heavy atom. The molecule has 0 aromatic rings. The lowest BCUT2D eigenvalue weighted by molar-refractivity contribution is -0.153. The Morgan fingerprint density at radius 3 is 2.20 bits per heavy atom. The smallest absolute Gasteiger partial charge is 0.310 e. The predicted octanol–water partition coefficient (Wildman–Crippen LogP) is 2.05. The lowest BCUT2D eigenvalue weighted by atomic mass is 9.70. The van der Waals surface area contributed by atoms with Crippen LogP contribution in [-0.4, -0.2) is 59.6 Å². The Kier molecular flexibility index (Phi) is 4.04. The molecule has 1 heterocycles. The van der Waals surface area contributed by atoms with Gasteiger partial charge in [-0.15, -0.1) is 0 Å². The van der Waals surface area contributed by atoms with E-state index >= 15 is 0 Å². The van der Waals surface area contributed by atoms with Crippen molar-refractivity contribution in [3.05, 3.63) is 0 Å². The number of aliphatic carboxylic acids is 1. The van der Waals surface area contributed by atoms with Crippen molar-refractivity contribution in [1.82, 2.24) is 9.80 Å². The molecular formula is C16H28N2O2. The van der Waals surface area contributed by atoms with Gasteiger partial charge in [0.15, 0.2) is 0 Å². The molecule has 4 nitrogen and oxygen atoms in total. The van der Waals surface area contributed by atoms with Crippen LogP contribution in [0.4, 0.5) is 0 Å². The van der Waals surface area contributed by atoms with Crippen LogP contribution in [0.1, 0.15) is 45.4 Å². The van der Waals surface area contributed by atoms with Gasteiger partial charge in [0, 0.05) is 38.8 Å². The maximum Gasteiger partial charge on any atom is 0.310 e. The first-order valence-corrected chi connectivity index (χ1v) is 8.29. The van der Waals surface area contributed by atoms with E-state index in [2.05, 4.69) is 16.7 Å². The van der Waals surface area contributed by atoms with E-state index in [0.717, 1.165) is 64.4 Å². The van der Waals surface area contributed by atoms with Gasteiger partial charge in [0.25, 0.3) is 0 Å². The molecule has 2 saturated carbocycles. The SMILES string of the molecule is CC1CCC(CN2CCN(C3CC3)CC2)(C(=O)O)CC1. The molecule has 1 N–H and O–H groups in total. The van der Waals surface area contributed by atoms with Crippen LogP contribution in [-0.2, 0) is 4.79 Å². The highest BCUT2D eigenvalue weighted by Crippen LogP contribution is 2.40. The van der Waals surface area contributed by atoms with Crippen molar-refractivity contribution in [1.29, 1.82) is 0 Å². The Bertz CT molecular complexity index is 351. The summed E-state index contributed by atoms with van der Waals surface area (Å²) in [6, 6.07) is 0.848. The Hall–Kier alpha value is -0.610. The maximum atomic E-state index is 11.8. The van der Waals surface area contributed by atoms with Gasteiger partial charge in [0.2, 0.25) is 0 Å². The van der Waals surface area contributed by atoms with Crippen LogP contribution in [0.15, 0.2) is 0 Å². The molecule has 2 aliphatic carbocycles. The molecule has 0 amide bonds. The number of carbonyl (C=O) groups is 1. The Labute approximate surface area is 122 Å². The van der Waals surface area contributed by atoms with E-state index in [1.165, 1.54) is 12.8 Å². The first-order valence-electron chi connectivity index (χ1n) is 8.29. The van der Waals surface area contributed by atoms with Crippen LogP contribution in [0.25, 0.3) is 0 Å². The second-order valence-corrected chi connectivity index (χ2v) is 7.31. The molecule has 1 aliphatic heterocycles. The van der Waals surface area contributed by atoms with Crippen molar-refractivity contribution in [2.24, 2.45) is 11.3 Å². The second kappa shape index (κ2) is 5.64. The average molecular weight is 280 g/mol. The van der Waals surface area contributed by atoms with Crippen LogP contribution in [0.2, 0.25) is 0 Å². The molecule has 114 valence electrons. The number of carboxylic acids is 1. The van der Waals surface area contributed by atoms with E-state index in [0.29, 0.717) is 5.92 Å². The van der Waals surface area contributed by atoms with Gasteiger partial charge >= 0.3 is 5.97 Å². The number of rotatable bonds is 4. The Balaban J connectivity index is 1.55. The van der Waals surface area contributed by atoms with Gasteiger partial charge in [-0.3, -0.25) is 14.6 Å². The summed E-state index contributed by atoms with van der Waals surface area (Å²) in [6.45, 7) is 7.41. The molecule has 3 fully saturated rings. The van der Waals surface area contributed by atoms with E-state index in [1.807, 2.05) is 0 Å². The number of carboxylic acid groups (broad SMARTS) is 1. The summed E-state index contributed by atoms with van der Waals surface area (Å²) >= 11 is 0. The molecule has 1 saturated heterocycles. The number of piperazine rings is 1. The Morgan fingerprint density at radius 2 is 1.70 bits per heavy atom. The molecule has 0 atom stereocenters. The minimum atomic E-state index is -0.561. The summed E-state index contributed by atoms with van der Waals surface area (Å²) in [7, 11) is 0. The van der Waals surface area contributed by atoms with E-state index in [4.69, 9.17) is 0 Å². The third-order valence-electron chi connectivity index (χ3n) is 5.68.